The van der Waals surface area contributed by atoms with E-state index in [1.54, 1.807) is 24.3 Å². The quantitative estimate of drug-likeness (QED) is 0.791. The second kappa shape index (κ2) is 7.35. The molecule has 0 saturated heterocycles. The summed E-state index contributed by atoms with van der Waals surface area (Å²) < 4.78 is 16.6. The van der Waals surface area contributed by atoms with Crippen LogP contribution in [0.5, 0.6) is 17.2 Å². The van der Waals surface area contributed by atoms with Crippen molar-refractivity contribution < 1.29 is 28.9 Å². The Balaban J connectivity index is 2.19. The van der Waals surface area contributed by atoms with Gasteiger partial charge in [0.15, 0.2) is 18.1 Å². The van der Waals surface area contributed by atoms with Gasteiger partial charge in [0.05, 0.1) is 13.7 Å². The summed E-state index contributed by atoms with van der Waals surface area (Å²) >= 11 is 0. The van der Waals surface area contributed by atoms with Crippen molar-refractivity contribution in [3.63, 3.8) is 0 Å². The zero-order chi connectivity index (χ0) is 18.7. The summed E-state index contributed by atoms with van der Waals surface area (Å²) in [4.78, 5) is 23.0. The standard InChI is InChI=1S/C19H19NO6/c1-3-25-18-15(24-2)8-7-12(17(18)26-10-16(21)22)11-5-4-6-13-14(11)9-20-19(13)23/h4-8H,3,9-10H2,1-2H3,(H,20,23)(H,21,22). The Morgan fingerprint density at radius 2 is 1.88 bits per heavy atom. The summed E-state index contributed by atoms with van der Waals surface area (Å²) in [5.74, 6) is -0.174. The van der Waals surface area contributed by atoms with Crippen LogP contribution in [0.25, 0.3) is 11.1 Å². The molecule has 2 aromatic rings. The molecule has 1 aliphatic rings. The molecular weight excluding hydrogens is 338 g/mol. The van der Waals surface area contributed by atoms with E-state index in [2.05, 4.69) is 5.32 Å². The number of methoxy groups -OCH3 is 1. The molecule has 1 aliphatic heterocycles. The summed E-state index contributed by atoms with van der Waals surface area (Å²) in [6, 6.07) is 8.91. The lowest BCUT2D eigenvalue weighted by atomic mass is 9.95. The van der Waals surface area contributed by atoms with Crippen LogP contribution >= 0.6 is 0 Å². The van der Waals surface area contributed by atoms with Crippen molar-refractivity contribution >= 4 is 11.9 Å². The van der Waals surface area contributed by atoms with E-state index in [0.29, 0.717) is 35.8 Å². The summed E-state index contributed by atoms with van der Waals surface area (Å²) in [6.45, 7) is 2.05. The second-order valence-corrected chi connectivity index (χ2v) is 5.60. The number of carboxylic acids is 1. The monoisotopic (exact) mass is 357 g/mol. The van der Waals surface area contributed by atoms with Crippen LogP contribution in [0, 0.1) is 0 Å². The molecule has 7 nitrogen and oxygen atoms in total. The van der Waals surface area contributed by atoms with E-state index in [0.717, 1.165) is 11.1 Å². The molecule has 2 aromatic carbocycles. The van der Waals surface area contributed by atoms with E-state index in [4.69, 9.17) is 19.3 Å². The highest BCUT2D eigenvalue weighted by atomic mass is 16.5. The van der Waals surface area contributed by atoms with E-state index < -0.39 is 12.6 Å². The third-order valence-electron chi connectivity index (χ3n) is 4.06. The average Bonchev–Trinajstić information content (AvgIpc) is 3.02. The normalized spacial score (nSPS) is 12.3. The van der Waals surface area contributed by atoms with E-state index in [1.807, 2.05) is 13.0 Å². The van der Waals surface area contributed by atoms with Gasteiger partial charge in [0, 0.05) is 17.7 Å². The summed E-state index contributed by atoms with van der Waals surface area (Å²) in [6.07, 6.45) is 0. The van der Waals surface area contributed by atoms with Gasteiger partial charge in [-0.05, 0) is 36.2 Å². The number of ether oxygens (including phenoxy) is 3. The second-order valence-electron chi connectivity index (χ2n) is 5.60. The first-order valence-electron chi connectivity index (χ1n) is 8.15. The molecule has 26 heavy (non-hydrogen) atoms. The fourth-order valence-corrected chi connectivity index (χ4v) is 2.98. The predicted octanol–water partition coefficient (Wildman–Crippen LogP) is 2.47. The van der Waals surface area contributed by atoms with Crippen LogP contribution in [0.2, 0.25) is 0 Å². The Morgan fingerprint density at radius 3 is 2.58 bits per heavy atom. The van der Waals surface area contributed by atoms with E-state index in [1.165, 1.54) is 7.11 Å². The van der Waals surface area contributed by atoms with Gasteiger partial charge in [0.1, 0.15) is 0 Å². The van der Waals surface area contributed by atoms with Crippen LogP contribution in [0.4, 0.5) is 0 Å². The first-order valence-corrected chi connectivity index (χ1v) is 8.15. The molecule has 2 N–H and O–H groups in total. The van der Waals surface area contributed by atoms with Crippen molar-refractivity contribution in [2.24, 2.45) is 0 Å². The Labute approximate surface area is 150 Å². The van der Waals surface area contributed by atoms with Gasteiger partial charge in [-0.25, -0.2) is 4.79 Å². The predicted molar refractivity (Wildman–Crippen MR) is 93.9 cm³/mol. The van der Waals surface area contributed by atoms with Crippen LogP contribution in [-0.2, 0) is 11.3 Å². The molecule has 0 radical (unpaired) electrons. The third-order valence-corrected chi connectivity index (χ3v) is 4.06. The van der Waals surface area contributed by atoms with Gasteiger partial charge in [-0.15, -0.1) is 0 Å². The first kappa shape index (κ1) is 17.6. The number of aliphatic carboxylic acids is 1. The molecule has 0 atom stereocenters. The Morgan fingerprint density at radius 1 is 1.12 bits per heavy atom. The minimum Gasteiger partial charge on any atom is -0.493 e. The van der Waals surface area contributed by atoms with Crippen molar-refractivity contribution in [3.05, 3.63) is 41.5 Å². The van der Waals surface area contributed by atoms with E-state index in [9.17, 15) is 9.59 Å². The Bertz CT molecular complexity index is 861. The minimum absolute atomic E-state index is 0.131. The maximum atomic E-state index is 12.0. The highest BCUT2D eigenvalue weighted by Crippen LogP contribution is 2.46. The van der Waals surface area contributed by atoms with Gasteiger partial charge in [-0.1, -0.05) is 12.1 Å². The summed E-state index contributed by atoms with van der Waals surface area (Å²) in [5.41, 5.74) is 2.86. The molecular formula is C19H19NO6. The highest BCUT2D eigenvalue weighted by molar-refractivity contribution is 6.01. The lowest BCUT2D eigenvalue weighted by molar-refractivity contribution is -0.139. The number of carboxylic acid groups (broad SMARTS) is 1. The lowest BCUT2D eigenvalue weighted by Gasteiger charge is -2.19. The highest BCUT2D eigenvalue weighted by Gasteiger charge is 2.26. The molecule has 0 bridgehead atoms. The lowest BCUT2D eigenvalue weighted by Crippen LogP contribution is -2.12. The smallest absolute Gasteiger partial charge is 0.341 e. The molecule has 0 spiro atoms. The fourth-order valence-electron chi connectivity index (χ4n) is 2.98. The molecule has 0 aliphatic carbocycles. The zero-order valence-electron chi connectivity index (χ0n) is 14.5. The zero-order valence-corrected chi connectivity index (χ0v) is 14.5. The first-order chi connectivity index (χ1) is 12.6. The van der Waals surface area contributed by atoms with Gasteiger partial charge in [0.25, 0.3) is 5.91 Å². The topological polar surface area (TPSA) is 94.1 Å². The van der Waals surface area contributed by atoms with Crippen LogP contribution < -0.4 is 19.5 Å². The van der Waals surface area contributed by atoms with Gasteiger partial charge in [0.2, 0.25) is 5.75 Å². The molecule has 0 unspecified atom stereocenters. The number of benzene rings is 2. The SMILES string of the molecule is CCOc1c(OC)ccc(-c2cccc3c2CNC3=O)c1OCC(=O)O. The number of rotatable bonds is 7. The maximum Gasteiger partial charge on any atom is 0.341 e. The van der Waals surface area contributed by atoms with Gasteiger partial charge < -0.3 is 24.6 Å². The van der Waals surface area contributed by atoms with Crippen LogP contribution in [0.1, 0.15) is 22.8 Å². The van der Waals surface area contributed by atoms with Crippen LogP contribution in [-0.4, -0.2) is 37.3 Å². The molecule has 136 valence electrons. The van der Waals surface area contributed by atoms with Crippen molar-refractivity contribution in [3.8, 4) is 28.4 Å². The molecule has 7 heteroatoms. The molecule has 0 aromatic heterocycles. The van der Waals surface area contributed by atoms with Crippen molar-refractivity contribution in [2.75, 3.05) is 20.3 Å². The number of hydrogen-bond donors (Lipinski definition) is 2. The molecule has 1 amide bonds. The number of nitrogens with one attached hydrogen (secondary N) is 1. The fraction of sp³-hybridized carbons (Fsp3) is 0.263. The van der Waals surface area contributed by atoms with Crippen molar-refractivity contribution in [1.29, 1.82) is 0 Å². The molecule has 0 fully saturated rings. The maximum absolute atomic E-state index is 12.0. The van der Waals surface area contributed by atoms with Gasteiger partial charge in [-0.2, -0.15) is 0 Å². The molecule has 1 heterocycles. The van der Waals surface area contributed by atoms with Crippen molar-refractivity contribution in [2.45, 2.75) is 13.5 Å². The Hall–Kier alpha value is -3.22. The number of fused-ring (bicyclic) bond motifs is 1. The van der Waals surface area contributed by atoms with Crippen LogP contribution in [0.15, 0.2) is 30.3 Å². The largest absolute Gasteiger partial charge is 0.493 e. The number of carbonyl (C=O) groups excluding carboxylic acids is 1. The summed E-state index contributed by atoms with van der Waals surface area (Å²) in [7, 11) is 1.50. The van der Waals surface area contributed by atoms with Crippen LogP contribution in [0.3, 0.4) is 0 Å². The number of hydrogen-bond acceptors (Lipinski definition) is 5. The van der Waals surface area contributed by atoms with Gasteiger partial charge >= 0.3 is 5.97 Å². The molecule has 3 rings (SSSR count). The van der Waals surface area contributed by atoms with Gasteiger partial charge in [-0.3, -0.25) is 4.79 Å². The number of amides is 1. The third kappa shape index (κ3) is 3.15. The van der Waals surface area contributed by atoms with E-state index >= 15 is 0 Å². The minimum atomic E-state index is -1.10. The van der Waals surface area contributed by atoms with Crippen molar-refractivity contribution in [1.82, 2.24) is 5.32 Å². The van der Waals surface area contributed by atoms with E-state index in [-0.39, 0.29) is 11.7 Å². The average molecular weight is 357 g/mol. The summed E-state index contributed by atoms with van der Waals surface area (Å²) in [5, 5.41) is 11.8. The number of carbonyl (C=O) groups is 2. The Kier molecular flexibility index (Phi) is 4.97. The molecule has 0 saturated carbocycles.